The first-order valence-corrected chi connectivity index (χ1v) is 7.63. The topological polar surface area (TPSA) is 84.4 Å². The quantitative estimate of drug-likeness (QED) is 0.516. The van der Waals surface area contributed by atoms with Crippen LogP contribution in [0.4, 0.5) is 0 Å². The zero-order chi connectivity index (χ0) is 15.9. The van der Waals surface area contributed by atoms with E-state index in [-0.39, 0.29) is 0 Å². The molecule has 8 nitrogen and oxygen atoms in total. The summed E-state index contributed by atoms with van der Waals surface area (Å²) in [6, 6.07) is 5.83. The van der Waals surface area contributed by atoms with Gasteiger partial charge in [-0.1, -0.05) is 6.07 Å². The summed E-state index contributed by atoms with van der Waals surface area (Å²) >= 11 is 0. The van der Waals surface area contributed by atoms with Gasteiger partial charge in [0.1, 0.15) is 6.54 Å². The van der Waals surface area contributed by atoms with Gasteiger partial charge in [0.2, 0.25) is 0 Å². The van der Waals surface area contributed by atoms with E-state index in [0.29, 0.717) is 6.54 Å². The third-order valence-corrected chi connectivity index (χ3v) is 3.33. The second-order valence-corrected chi connectivity index (χ2v) is 4.97. The van der Waals surface area contributed by atoms with E-state index in [1.807, 2.05) is 46.5 Å². The monoisotopic (exact) mass is 312 g/mol. The number of nitrogens with one attached hydrogen (secondary N) is 2. The lowest BCUT2D eigenvalue weighted by Gasteiger charge is -2.11. The summed E-state index contributed by atoms with van der Waals surface area (Å²) < 4.78 is 3.96. The van der Waals surface area contributed by atoms with Crippen molar-refractivity contribution < 1.29 is 0 Å². The second-order valence-electron chi connectivity index (χ2n) is 4.97. The first-order valence-electron chi connectivity index (χ1n) is 7.63. The molecular weight excluding hydrogens is 292 g/mol. The summed E-state index contributed by atoms with van der Waals surface area (Å²) in [4.78, 5) is 8.60. The molecule has 0 aromatic carbocycles. The van der Waals surface area contributed by atoms with Crippen LogP contribution in [0, 0.1) is 0 Å². The van der Waals surface area contributed by atoms with Crippen LogP contribution in [-0.4, -0.2) is 43.2 Å². The average molecular weight is 312 g/mol. The van der Waals surface area contributed by atoms with Crippen LogP contribution >= 0.6 is 0 Å². The maximum absolute atomic E-state index is 4.57. The van der Waals surface area contributed by atoms with Crippen molar-refractivity contribution in [1.82, 2.24) is 34.8 Å². The molecule has 3 aromatic rings. The molecule has 0 radical (unpaired) electrons. The summed E-state index contributed by atoms with van der Waals surface area (Å²) in [5, 5.41) is 14.8. The normalized spacial score (nSPS) is 11.8. The van der Waals surface area contributed by atoms with Gasteiger partial charge >= 0.3 is 0 Å². The number of hydrogen-bond donors (Lipinski definition) is 2. The second kappa shape index (κ2) is 7.39. The molecule has 3 heterocycles. The molecule has 3 aromatic heterocycles. The largest absolute Gasteiger partial charge is 0.357 e. The van der Waals surface area contributed by atoms with E-state index >= 15 is 0 Å². The zero-order valence-electron chi connectivity index (χ0n) is 13.1. The third kappa shape index (κ3) is 3.85. The maximum atomic E-state index is 4.57. The maximum Gasteiger partial charge on any atom is 0.191 e. The third-order valence-electron chi connectivity index (χ3n) is 3.33. The van der Waals surface area contributed by atoms with Crippen molar-refractivity contribution in [3.8, 4) is 0 Å². The Balaban J connectivity index is 1.61. The van der Waals surface area contributed by atoms with Gasteiger partial charge in [-0.25, -0.2) is 9.98 Å². The van der Waals surface area contributed by atoms with Gasteiger partial charge in [0.15, 0.2) is 17.4 Å². The molecule has 0 unspecified atom stereocenters. The highest BCUT2D eigenvalue weighted by Crippen LogP contribution is 2.03. The molecule has 0 aliphatic carbocycles. The van der Waals surface area contributed by atoms with Gasteiger partial charge in [-0.15, -0.1) is 10.2 Å². The number of aliphatic imine (C=N–C) groups is 1. The molecule has 2 N–H and O–H groups in total. The van der Waals surface area contributed by atoms with Crippen LogP contribution < -0.4 is 10.6 Å². The molecule has 0 fully saturated rings. The molecule has 0 bridgehead atoms. The lowest BCUT2D eigenvalue weighted by atomic mass is 10.4. The van der Waals surface area contributed by atoms with Crippen molar-refractivity contribution in [2.75, 3.05) is 13.1 Å². The molecule has 23 heavy (non-hydrogen) atoms. The smallest absolute Gasteiger partial charge is 0.191 e. The summed E-state index contributed by atoms with van der Waals surface area (Å²) in [7, 11) is 0. The minimum atomic E-state index is 0.464. The molecule has 0 amide bonds. The Hall–Kier alpha value is -2.90. The summed E-state index contributed by atoms with van der Waals surface area (Å²) in [5.41, 5.74) is 0.829. The Bertz CT molecular complexity index is 759. The Morgan fingerprint density at radius 2 is 2.17 bits per heavy atom. The van der Waals surface area contributed by atoms with E-state index in [0.717, 1.165) is 37.1 Å². The fourth-order valence-corrected chi connectivity index (χ4v) is 2.21. The molecule has 0 saturated heterocycles. The molecular formula is C15H20N8. The van der Waals surface area contributed by atoms with Crippen LogP contribution in [0.1, 0.15) is 12.7 Å². The van der Waals surface area contributed by atoms with E-state index in [9.17, 15) is 0 Å². The first kappa shape index (κ1) is 15.0. The number of fused-ring (bicyclic) bond motifs is 1. The lowest BCUT2D eigenvalue weighted by Crippen LogP contribution is -2.38. The number of aromatic nitrogens is 5. The van der Waals surface area contributed by atoms with Gasteiger partial charge in [-0.3, -0.25) is 4.40 Å². The van der Waals surface area contributed by atoms with Gasteiger partial charge in [0.25, 0.3) is 0 Å². The molecule has 120 valence electrons. The molecule has 0 saturated carbocycles. The number of imidazole rings is 1. The predicted molar refractivity (Wildman–Crippen MR) is 88.0 cm³/mol. The molecule has 0 aliphatic heterocycles. The van der Waals surface area contributed by atoms with Crippen LogP contribution in [0.25, 0.3) is 5.65 Å². The lowest BCUT2D eigenvalue weighted by molar-refractivity contribution is 0.661. The van der Waals surface area contributed by atoms with Crippen LogP contribution in [-0.2, 0) is 13.1 Å². The Kier molecular flexibility index (Phi) is 4.82. The zero-order valence-corrected chi connectivity index (χ0v) is 13.1. The summed E-state index contributed by atoms with van der Waals surface area (Å²) in [5.74, 6) is 1.58. The van der Waals surface area contributed by atoms with E-state index in [1.165, 1.54) is 0 Å². The van der Waals surface area contributed by atoms with Crippen molar-refractivity contribution in [3.05, 3.63) is 48.9 Å². The van der Waals surface area contributed by atoms with E-state index in [2.05, 4.69) is 30.8 Å². The summed E-state index contributed by atoms with van der Waals surface area (Å²) in [6.07, 6.45) is 7.46. The number of rotatable bonds is 6. The number of guanidine groups is 1. The number of nitrogens with zero attached hydrogens (tertiary/aromatic N) is 6. The van der Waals surface area contributed by atoms with Gasteiger partial charge in [-0.05, 0) is 19.1 Å². The van der Waals surface area contributed by atoms with Crippen LogP contribution in [0.15, 0.2) is 48.1 Å². The van der Waals surface area contributed by atoms with Crippen LogP contribution in [0.2, 0.25) is 0 Å². The van der Waals surface area contributed by atoms with Gasteiger partial charge in [0.05, 0.1) is 6.33 Å². The van der Waals surface area contributed by atoms with Crippen molar-refractivity contribution in [1.29, 1.82) is 0 Å². The standard InChI is InChI=1S/C15H20N8/c1-2-17-15(18-7-10-22-9-6-16-12-22)19-11-14-21-20-13-5-3-4-8-23(13)14/h3-6,8-9,12H,2,7,10-11H2,1H3,(H2,17,18,19). The van der Waals surface area contributed by atoms with Crippen molar-refractivity contribution in [2.24, 2.45) is 4.99 Å². The molecule has 0 aliphatic rings. The van der Waals surface area contributed by atoms with E-state index in [1.54, 1.807) is 12.5 Å². The number of hydrogen-bond acceptors (Lipinski definition) is 4. The molecule has 8 heteroatoms. The first-order chi connectivity index (χ1) is 11.4. The average Bonchev–Trinajstić information content (AvgIpc) is 3.22. The SMILES string of the molecule is CCNC(=NCc1nnc2ccccn12)NCCn1ccnc1. The predicted octanol–water partition coefficient (Wildman–Crippen LogP) is 0.681. The number of pyridine rings is 1. The highest BCUT2D eigenvalue weighted by atomic mass is 15.3. The van der Waals surface area contributed by atoms with E-state index in [4.69, 9.17) is 0 Å². The fraction of sp³-hybridized carbons (Fsp3) is 0.333. The van der Waals surface area contributed by atoms with Crippen LogP contribution in [0.3, 0.4) is 0 Å². The van der Waals surface area contributed by atoms with E-state index < -0.39 is 0 Å². The fourth-order valence-electron chi connectivity index (χ4n) is 2.21. The Morgan fingerprint density at radius 1 is 1.22 bits per heavy atom. The highest BCUT2D eigenvalue weighted by molar-refractivity contribution is 5.79. The highest BCUT2D eigenvalue weighted by Gasteiger charge is 2.04. The van der Waals surface area contributed by atoms with Crippen molar-refractivity contribution in [2.45, 2.75) is 20.0 Å². The minimum Gasteiger partial charge on any atom is -0.357 e. The van der Waals surface area contributed by atoms with Gasteiger partial charge in [-0.2, -0.15) is 0 Å². The Labute approximate surface area is 134 Å². The molecule has 0 spiro atoms. The molecule has 0 atom stereocenters. The van der Waals surface area contributed by atoms with Crippen molar-refractivity contribution >= 4 is 11.6 Å². The molecule has 3 rings (SSSR count). The van der Waals surface area contributed by atoms with Gasteiger partial charge in [0, 0.05) is 38.2 Å². The summed E-state index contributed by atoms with van der Waals surface area (Å²) in [6.45, 7) is 4.91. The minimum absolute atomic E-state index is 0.464. The van der Waals surface area contributed by atoms with Crippen molar-refractivity contribution in [3.63, 3.8) is 0 Å². The van der Waals surface area contributed by atoms with Gasteiger partial charge < -0.3 is 15.2 Å². The van der Waals surface area contributed by atoms with Crippen LogP contribution in [0.5, 0.6) is 0 Å². The Morgan fingerprint density at radius 3 is 3.00 bits per heavy atom.